The van der Waals surface area contributed by atoms with Crippen molar-refractivity contribution in [2.45, 2.75) is 37.3 Å². The number of alkyl halides is 3. The quantitative estimate of drug-likeness (QED) is 0.797. The third-order valence-corrected chi connectivity index (χ3v) is 5.36. The molecule has 4 rings (SSSR count). The van der Waals surface area contributed by atoms with E-state index in [2.05, 4.69) is 32.4 Å². The lowest BCUT2D eigenvalue weighted by atomic mass is 9.84. The molecule has 4 heterocycles. The maximum Gasteiger partial charge on any atom is 0.490 e. The number of carboxylic acid groups (broad SMARTS) is 1. The average molecular weight is 431 g/mol. The summed E-state index contributed by atoms with van der Waals surface area (Å²) in [7, 11) is 0. The predicted octanol–water partition coefficient (Wildman–Crippen LogP) is 2.98. The van der Waals surface area contributed by atoms with Crippen LogP contribution in [0.4, 0.5) is 13.2 Å². The van der Waals surface area contributed by atoms with E-state index >= 15 is 0 Å². The number of aliphatic carboxylic acids is 1. The van der Waals surface area contributed by atoms with E-state index in [1.807, 2.05) is 11.3 Å². The van der Waals surface area contributed by atoms with Crippen LogP contribution in [0.15, 0.2) is 36.1 Å². The number of carboxylic acids is 1. The summed E-state index contributed by atoms with van der Waals surface area (Å²) in [6.07, 6.45) is 1.94. The lowest BCUT2D eigenvalue weighted by molar-refractivity contribution is -0.192. The Morgan fingerprint density at radius 2 is 2.17 bits per heavy atom. The van der Waals surface area contributed by atoms with Gasteiger partial charge >= 0.3 is 12.1 Å². The number of carbonyl (C=O) groups is 1. The summed E-state index contributed by atoms with van der Waals surface area (Å²) in [6, 6.07) is 4.30. The molecule has 2 aromatic rings. The van der Waals surface area contributed by atoms with E-state index in [1.165, 1.54) is 4.88 Å². The van der Waals surface area contributed by atoms with Crippen LogP contribution in [0, 0.1) is 0 Å². The molecule has 2 aliphatic rings. The first-order valence-corrected chi connectivity index (χ1v) is 9.75. The number of aromatic nitrogens is 2. The van der Waals surface area contributed by atoms with Gasteiger partial charge in [0.2, 0.25) is 5.88 Å². The van der Waals surface area contributed by atoms with Crippen molar-refractivity contribution in [3.05, 3.63) is 41.0 Å². The Kier molecular flexibility index (Phi) is 6.70. The molecule has 1 N–H and O–H groups in total. The van der Waals surface area contributed by atoms with Crippen LogP contribution < -0.4 is 4.74 Å². The molecule has 2 aliphatic heterocycles. The predicted molar refractivity (Wildman–Crippen MR) is 97.7 cm³/mol. The smallest absolute Gasteiger partial charge is 0.475 e. The second-order valence-corrected chi connectivity index (χ2v) is 7.87. The summed E-state index contributed by atoms with van der Waals surface area (Å²) in [4.78, 5) is 21.0. The maximum atomic E-state index is 10.6. The monoisotopic (exact) mass is 431 g/mol. The zero-order valence-electron chi connectivity index (χ0n) is 15.3. The Bertz CT molecular complexity index is 783. The highest BCUT2D eigenvalue weighted by Gasteiger charge is 2.48. The van der Waals surface area contributed by atoms with Gasteiger partial charge in [0.1, 0.15) is 6.10 Å². The van der Waals surface area contributed by atoms with Crippen LogP contribution >= 0.6 is 11.3 Å². The van der Waals surface area contributed by atoms with Gasteiger partial charge in [-0.1, -0.05) is 6.07 Å². The molecule has 0 amide bonds. The molecule has 2 fully saturated rings. The maximum absolute atomic E-state index is 10.6. The first-order valence-electron chi connectivity index (χ1n) is 8.87. The van der Waals surface area contributed by atoms with E-state index in [0.29, 0.717) is 5.88 Å². The molecule has 7 nitrogen and oxygen atoms in total. The molecule has 0 radical (unpaired) electrons. The lowest BCUT2D eigenvalue weighted by Gasteiger charge is -2.53. The number of likely N-dealkylation sites (tertiary alicyclic amines) is 1. The van der Waals surface area contributed by atoms with Crippen molar-refractivity contribution in [1.82, 2.24) is 14.9 Å². The molecule has 0 aliphatic carbocycles. The van der Waals surface area contributed by atoms with Gasteiger partial charge in [0.25, 0.3) is 0 Å². The summed E-state index contributed by atoms with van der Waals surface area (Å²) in [5, 5.41) is 9.26. The van der Waals surface area contributed by atoms with Gasteiger partial charge in [0, 0.05) is 49.7 Å². The minimum atomic E-state index is -5.08. The average Bonchev–Trinajstić information content (AvgIpc) is 3.14. The van der Waals surface area contributed by atoms with Gasteiger partial charge in [0.05, 0.1) is 18.4 Å². The standard InChI is InChI=1S/C16H19N3O2S.C2HF3O2/c1-2-14(22-7-1)10-19-11-16(12-19)8-13(3-6-20-16)21-15-9-17-4-5-18-15;3-2(4,5)1(6)7/h1-2,4-5,7,9,13H,3,6,8,10-12H2;(H,6,7). The zero-order chi connectivity index (χ0) is 20.9. The van der Waals surface area contributed by atoms with Gasteiger partial charge in [-0.3, -0.25) is 9.88 Å². The van der Waals surface area contributed by atoms with E-state index in [9.17, 15) is 13.2 Å². The summed E-state index contributed by atoms with van der Waals surface area (Å²) in [5.74, 6) is -2.15. The summed E-state index contributed by atoms with van der Waals surface area (Å²) >= 11 is 1.82. The van der Waals surface area contributed by atoms with Crippen LogP contribution in [-0.4, -0.2) is 63.5 Å². The molecule has 0 saturated carbocycles. The highest BCUT2D eigenvalue weighted by atomic mass is 32.1. The molecule has 2 saturated heterocycles. The Labute approximate surface area is 169 Å². The summed E-state index contributed by atoms with van der Waals surface area (Å²) < 4.78 is 43.8. The molecule has 1 spiro atoms. The van der Waals surface area contributed by atoms with Crippen molar-refractivity contribution in [1.29, 1.82) is 0 Å². The van der Waals surface area contributed by atoms with Gasteiger partial charge in [-0.2, -0.15) is 13.2 Å². The molecular weight excluding hydrogens is 411 g/mol. The van der Waals surface area contributed by atoms with Gasteiger partial charge in [-0.25, -0.2) is 9.78 Å². The van der Waals surface area contributed by atoms with Crippen molar-refractivity contribution in [3.63, 3.8) is 0 Å². The third-order valence-electron chi connectivity index (χ3n) is 4.50. The Morgan fingerprint density at radius 1 is 1.41 bits per heavy atom. The van der Waals surface area contributed by atoms with Crippen LogP contribution in [-0.2, 0) is 16.1 Å². The van der Waals surface area contributed by atoms with Crippen LogP contribution in [0.1, 0.15) is 17.7 Å². The number of hydrogen-bond acceptors (Lipinski definition) is 7. The lowest BCUT2D eigenvalue weighted by Crippen LogP contribution is -2.65. The highest BCUT2D eigenvalue weighted by Crippen LogP contribution is 2.36. The van der Waals surface area contributed by atoms with Crippen LogP contribution in [0.5, 0.6) is 5.88 Å². The first-order chi connectivity index (χ1) is 13.8. The highest BCUT2D eigenvalue weighted by molar-refractivity contribution is 7.09. The second-order valence-electron chi connectivity index (χ2n) is 6.84. The zero-order valence-corrected chi connectivity index (χ0v) is 16.2. The second kappa shape index (κ2) is 9.06. The van der Waals surface area contributed by atoms with Crippen molar-refractivity contribution in [2.24, 2.45) is 0 Å². The fourth-order valence-corrected chi connectivity index (χ4v) is 4.07. The van der Waals surface area contributed by atoms with E-state index in [0.717, 1.165) is 39.1 Å². The minimum Gasteiger partial charge on any atom is -0.475 e. The van der Waals surface area contributed by atoms with Crippen molar-refractivity contribution < 1.29 is 32.5 Å². The van der Waals surface area contributed by atoms with Crippen LogP contribution in [0.2, 0.25) is 0 Å². The number of thiophene rings is 1. The van der Waals surface area contributed by atoms with Crippen LogP contribution in [0.3, 0.4) is 0 Å². The molecule has 1 unspecified atom stereocenters. The molecule has 11 heteroatoms. The number of rotatable bonds is 4. The minimum absolute atomic E-state index is 0.0254. The van der Waals surface area contributed by atoms with E-state index in [1.54, 1.807) is 18.6 Å². The number of halogens is 3. The summed E-state index contributed by atoms with van der Waals surface area (Å²) in [6.45, 7) is 3.77. The van der Waals surface area contributed by atoms with E-state index < -0.39 is 12.1 Å². The first kappa shape index (κ1) is 21.5. The third kappa shape index (κ3) is 6.12. The molecular formula is C18H20F3N3O4S. The Balaban J connectivity index is 0.000000298. The van der Waals surface area contributed by atoms with E-state index in [4.69, 9.17) is 19.4 Å². The molecule has 29 heavy (non-hydrogen) atoms. The summed E-state index contributed by atoms with van der Waals surface area (Å²) in [5.41, 5.74) is -0.0254. The molecule has 0 bridgehead atoms. The van der Waals surface area contributed by atoms with Gasteiger partial charge < -0.3 is 14.6 Å². The SMILES string of the molecule is O=C(O)C(F)(F)F.c1csc(CN2CC3(CC(Oc4cnccn4)CCO3)C2)c1. The number of ether oxygens (including phenoxy) is 2. The fourth-order valence-electron chi connectivity index (χ4n) is 3.32. The van der Waals surface area contributed by atoms with Gasteiger partial charge in [0.15, 0.2) is 0 Å². The number of nitrogens with zero attached hydrogens (tertiary/aromatic N) is 3. The van der Waals surface area contributed by atoms with Crippen LogP contribution in [0.25, 0.3) is 0 Å². The topological polar surface area (TPSA) is 84.8 Å². The molecule has 0 aromatic carbocycles. The van der Waals surface area contributed by atoms with Crippen molar-refractivity contribution in [2.75, 3.05) is 19.7 Å². The largest absolute Gasteiger partial charge is 0.490 e. The normalized spacial score (nSPS) is 21.0. The van der Waals surface area contributed by atoms with Gasteiger partial charge in [-0.05, 0) is 11.4 Å². The number of hydrogen-bond donors (Lipinski definition) is 1. The van der Waals surface area contributed by atoms with Crippen molar-refractivity contribution >= 4 is 17.3 Å². The Morgan fingerprint density at radius 3 is 2.76 bits per heavy atom. The molecule has 2 aromatic heterocycles. The fraction of sp³-hybridized carbons (Fsp3) is 0.500. The van der Waals surface area contributed by atoms with Gasteiger partial charge in [-0.15, -0.1) is 11.3 Å². The Hall–Kier alpha value is -2.24. The molecule has 158 valence electrons. The molecule has 1 atom stereocenters. The van der Waals surface area contributed by atoms with E-state index in [-0.39, 0.29) is 11.7 Å². The van der Waals surface area contributed by atoms with Crippen molar-refractivity contribution in [3.8, 4) is 5.88 Å².